The predicted molar refractivity (Wildman–Crippen MR) is 160 cm³/mol. The van der Waals surface area contributed by atoms with E-state index < -0.39 is 85.8 Å². The first-order valence-corrected chi connectivity index (χ1v) is 14.7. The van der Waals surface area contributed by atoms with E-state index in [-0.39, 0.29) is 12.5 Å². The Bertz CT molecular complexity index is 1470. The third kappa shape index (κ3) is 8.83. The Labute approximate surface area is 269 Å². The van der Waals surface area contributed by atoms with Gasteiger partial charge in [0.05, 0.1) is 6.61 Å². The lowest BCUT2D eigenvalue weighted by Crippen LogP contribution is -2.67. The number of amides is 2. The zero-order chi connectivity index (χ0) is 34.2. The molecular formula is C32H36N2O13. The molecule has 1 unspecified atom stereocenters. The fraction of sp³-hybridized carbons (Fsp3) is 0.438. The van der Waals surface area contributed by atoms with Crippen molar-refractivity contribution in [3.63, 3.8) is 0 Å². The second-order valence-electron chi connectivity index (χ2n) is 10.9. The highest BCUT2D eigenvalue weighted by atomic mass is 16.7. The Morgan fingerprint density at radius 2 is 1.36 bits per heavy atom. The Kier molecular flexibility index (Phi) is 11.5. The van der Waals surface area contributed by atoms with Gasteiger partial charge in [0, 0.05) is 33.6 Å². The van der Waals surface area contributed by atoms with E-state index in [1.807, 2.05) is 48.5 Å². The van der Waals surface area contributed by atoms with Crippen LogP contribution in [-0.2, 0) is 52.4 Å². The lowest BCUT2D eigenvalue weighted by Gasteiger charge is -2.45. The van der Waals surface area contributed by atoms with Gasteiger partial charge >= 0.3 is 30.0 Å². The molecule has 0 spiro atoms. The number of rotatable bonds is 12. The maximum Gasteiger partial charge on any atom is 0.407 e. The van der Waals surface area contributed by atoms with Crippen LogP contribution in [0.2, 0.25) is 0 Å². The number of carboxylic acid groups (broad SMARTS) is 1. The molecule has 6 atom stereocenters. The lowest BCUT2D eigenvalue weighted by atomic mass is 9.96. The second kappa shape index (κ2) is 15.5. The van der Waals surface area contributed by atoms with E-state index in [9.17, 15) is 33.9 Å². The third-order valence-corrected chi connectivity index (χ3v) is 7.43. The Balaban J connectivity index is 1.48. The monoisotopic (exact) mass is 656 g/mol. The van der Waals surface area contributed by atoms with Gasteiger partial charge in [-0.15, -0.1) is 0 Å². The third-order valence-electron chi connectivity index (χ3n) is 7.43. The first-order valence-electron chi connectivity index (χ1n) is 14.7. The number of esters is 3. The summed E-state index contributed by atoms with van der Waals surface area (Å²) in [6, 6.07) is 12.5. The van der Waals surface area contributed by atoms with Crippen molar-refractivity contribution < 1.29 is 62.3 Å². The second-order valence-corrected chi connectivity index (χ2v) is 10.9. The first-order chi connectivity index (χ1) is 22.3. The van der Waals surface area contributed by atoms with Crippen LogP contribution >= 0.6 is 0 Å². The molecule has 1 aliphatic carbocycles. The number of fused-ring (bicyclic) bond motifs is 3. The van der Waals surface area contributed by atoms with Crippen molar-refractivity contribution in [2.24, 2.45) is 0 Å². The molecule has 1 aliphatic heterocycles. The minimum Gasteiger partial charge on any atom is -0.480 e. The SMILES string of the molecule is CC(=O)N[C@H]1[C@H](OCC(NC(=O)OCC2c3ccccc3-c3ccccc32)C(=O)O)O[C@H](COC(C)=O)[C@@H](OC(C)=O)[C@@H]1OC(C)=O. The molecule has 2 amide bonds. The number of alkyl carbamates (subject to hydrolysis) is 1. The van der Waals surface area contributed by atoms with Crippen LogP contribution in [0.5, 0.6) is 0 Å². The van der Waals surface area contributed by atoms with E-state index in [1.54, 1.807) is 0 Å². The zero-order valence-electron chi connectivity index (χ0n) is 26.1. The number of nitrogens with one attached hydrogen (secondary N) is 2. The smallest absolute Gasteiger partial charge is 0.407 e. The van der Waals surface area contributed by atoms with Gasteiger partial charge < -0.3 is 44.2 Å². The standard InChI is InChI=1S/C32H36N2O13/c1-16(35)33-27-29(46-19(4)38)28(45-18(3)37)26(15-42-17(2)36)47-31(27)43-14-25(30(39)40)34-32(41)44-13-24-22-11-7-5-9-20(22)21-10-6-8-12-23(21)24/h5-12,24-29,31H,13-15H2,1-4H3,(H,33,35)(H,34,41)(H,39,40)/t25?,26-,27-,28-,29-,31-/m1/s1. The maximum absolute atomic E-state index is 12.8. The van der Waals surface area contributed by atoms with Crippen molar-refractivity contribution in [1.82, 2.24) is 10.6 Å². The van der Waals surface area contributed by atoms with Crippen molar-refractivity contribution in [1.29, 1.82) is 0 Å². The summed E-state index contributed by atoms with van der Waals surface area (Å²) in [6.45, 7) is 3.23. The van der Waals surface area contributed by atoms with E-state index in [2.05, 4.69) is 10.6 Å². The number of benzene rings is 2. The molecule has 0 radical (unpaired) electrons. The highest BCUT2D eigenvalue weighted by Crippen LogP contribution is 2.44. The highest BCUT2D eigenvalue weighted by molar-refractivity contribution is 5.81. The topological polar surface area (TPSA) is 202 Å². The normalized spacial score (nSPS) is 22.1. The van der Waals surface area contributed by atoms with Crippen LogP contribution in [0.15, 0.2) is 48.5 Å². The summed E-state index contributed by atoms with van der Waals surface area (Å²) < 4.78 is 32.8. The first kappa shape index (κ1) is 34.8. The number of hydrogen-bond acceptors (Lipinski definition) is 12. The van der Waals surface area contributed by atoms with Crippen molar-refractivity contribution in [3.8, 4) is 11.1 Å². The molecule has 1 fully saturated rings. The molecule has 15 heteroatoms. The van der Waals surface area contributed by atoms with E-state index >= 15 is 0 Å². The Morgan fingerprint density at radius 3 is 1.89 bits per heavy atom. The van der Waals surface area contributed by atoms with E-state index in [4.69, 9.17) is 28.4 Å². The summed E-state index contributed by atoms with van der Waals surface area (Å²) >= 11 is 0. The number of carboxylic acids is 1. The molecule has 0 saturated carbocycles. The quantitative estimate of drug-likeness (QED) is 0.220. The van der Waals surface area contributed by atoms with Crippen LogP contribution in [0.3, 0.4) is 0 Å². The summed E-state index contributed by atoms with van der Waals surface area (Å²) in [4.78, 5) is 72.6. The Hall–Kier alpha value is -5.02. The van der Waals surface area contributed by atoms with Gasteiger partial charge in [0.15, 0.2) is 24.5 Å². The van der Waals surface area contributed by atoms with Gasteiger partial charge in [0.2, 0.25) is 5.91 Å². The molecule has 1 saturated heterocycles. The van der Waals surface area contributed by atoms with E-state index in [1.165, 1.54) is 0 Å². The van der Waals surface area contributed by atoms with Crippen LogP contribution in [0.1, 0.15) is 44.7 Å². The van der Waals surface area contributed by atoms with Gasteiger partial charge in [0.25, 0.3) is 0 Å². The van der Waals surface area contributed by atoms with Gasteiger partial charge in [-0.2, -0.15) is 0 Å². The van der Waals surface area contributed by atoms with Crippen molar-refractivity contribution in [3.05, 3.63) is 59.7 Å². The minimum atomic E-state index is -1.66. The molecular weight excluding hydrogens is 620 g/mol. The molecule has 2 aromatic carbocycles. The number of aliphatic carboxylic acids is 1. The summed E-state index contributed by atoms with van der Waals surface area (Å²) in [5.74, 6) is -4.65. The average Bonchev–Trinajstić information content (AvgIpc) is 3.32. The predicted octanol–water partition coefficient (Wildman–Crippen LogP) is 1.65. The largest absolute Gasteiger partial charge is 0.480 e. The summed E-state index contributed by atoms with van der Waals surface area (Å²) in [5.41, 5.74) is 3.97. The molecule has 3 N–H and O–H groups in total. The molecule has 2 aliphatic rings. The van der Waals surface area contributed by atoms with Crippen LogP contribution in [-0.4, -0.2) is 97.5 Å². The molecule has 47 heavy (non-hydrogen) atoms. The lowest BCUT2D eigenvalue weighted by molar-refractivity contribution is -0.278. The number of hydrogen-bond donors (Lipinski definition) is 3. The molecule has 0 aromatic heterocycles. The Morgan fingerprint density at radius 1 is 0.787 bits per heavy atom. The number of carbonyl (C=O) groups excluding carboxylic acids is 5. The van der Waals surface area contributed by atoms with Gasteiger partial charge in [-0.1, -0.05) is 48.5 Å². The molecule has 2 aromatic rings. The molecule has 0 bridgehead atoms. The van der Waals surface area contributed by atoms with Crippen molar-refractivity contribution in [2.45, 2.75) is 70.3 Å². The van der Waals surface area contributed by atoms with Crippen molar-refractivity contribution in [2.75, 3.05) is 19.8 Å². The fourth-order valence-corrected chi connectivity index (χ4v) is 5.58. The highest BCUT2D eigenvalue weighted by Gasteiger charge is 2.51. The maximum atomic E-state index is 12.8. The van der Waals surface area contributed by atoms with Crippen LogP contribution in [0, 0.1) is 0 Å². The van der Waals surface area contributed by atoms with Crippen molar-refractivity contribution >= 4 is 35.9 Å². The average molecular weight is 657 g/mol. The molecule has 252 valence electrons. The summed E-state index contributed by atoms with van der Waals surface area (Å²) in [5, 5.41) is 14.6. The van der Waals surface area contributed by atoms with Gasteiger partial charge in [-0.05, 0) is 22.3 Å². The number of carbonyl (C=O) groups is 6. The van der Waals surface area contributed by atoms with Crippen LogP contribution < -0.4 is 10.6 Å². The van der Waals surface area contributed by atoms with Crippen LogP contribution in [0.4, 0.5) is 4.79 Å². The molecule has 4 rings (SSSR count). The van der Waals surface area contributed by atoms with E-state index in [0.717, 1.165) is 49.9 Å². The summed E-state index contributed by atoms with van der Waals surface area (Å²) in [6.07, 6.45) is -6.58. The molecule has 1 heterocycles. The fourth-order valence-electron chi connectivity index (χ4n) is 5.58. The van der Waals surface area contributed by atoms with Gasteiger partial charge in [-0.3, -0.25) is 19.2 Å². The van der Waals surface area contributed by atoms with Crippen LogP contribution in [0.25, 0.3) is 11.1 Å². The van der Waals surface area contributed by atoms with Gasteiger partial charge in [0.1, 0.15) is 25.4 Å². The summed E-state index contributed by atoms with van der Waals surface area (Å²) in [7, 11) is 0. The van der Waals surface area contributed by atoms with E-state index in [0.29, 0.717) is 0 Å². The molecule has 15 nitrogen and oxygen atoms in total. The minimum absolute atomic E-state index is 0.0666. The number of ether oxygens (including phenoxy) is 6. The zero-order valence-corrected chi connectivity index (χ0v) is 26.1. The van der Waals surface area contributed by atoms with Gasteiger partial charge in [-0.25, -0.2) is 9.59 Å².